The van der Waals surface area contributed by atoms with Gasteiger partial charge in [0.25, 0.3) is 5.56 Å². The summed E-state index contributed by atoms with van der Waals surface area (Å²) in [6.45, 7) is 0.0344. The van der Waals surface area contributed by atoms with Crippen LogP contribution in [-0.2, 0) is 13.6 Å². The molecule has 0 amide bonds. The monoisotopic (exact) mass is 314 g/mol. The molecule has 0 N–H and O–H groups in total. The van der Waals surface area contributed by atoms with Gasteiger partial charge in [-0.1, -0.05) is 12.1 Å². The van der Waals surface area contributed by atoms with Gasteiger partial charge in [0.2, 0.25) is 11.2 Å². The molecule has 118 valence electrons. The third-order valence-corrected chi connectivity index (χ3v) is 3.63. The third-order valence-electron chi connectivity index (χ3n) is 3.63. The zero-order chi connectivity index (χ0) is 16.6. The van der Waals surface area contributed by atoms with Gasteiger partial charge in [-0.15, -0.1) is 0 Å². The molecule has 0 aliphatic rings. The zero-order valence-corrected chi connectivity index (χ0v) is 12.6. The van der Waals surface area contributed by atoms with Gasteiger partial charge in [-0.2, -0.15) is 0 Å². The first-order valence-electron chi connectivity index (χ1n) is 6.87. The second-order valence-corrected chi connectivity index (χ2v) is 5.03. The van der Waals surface area contributed by atoms with Crippen molar-refractivity contribution in [2.45, 2.75) is 6.54 Å². The molecule has 3 aromatic rings. The fourth-order valence-electron chi connectivity index (χ4n) is 2.42. The number of hydrogen-bond acceptors (Lipinski definition) is 5. The number of ether oxygens (including phenoxy) is 1. The van der Waals surface area contributed by atoms with Gasteiger partial charge in [0.1, 0.15) is 12.0 Å². The fourth-order valence-corrected chi connectivity index (χ4v) is 2.42. The lowest BCUT2D eigenvalue weighted by molar-refractivity contribution is 0.376. The van der Waals surface area contributed by atoms with Crippen LogP contribution in [0.25, 0.3) is 10.9 Å². The predicted molar refractivity (Wildman–Crippen MR) is 84.1 cm³/mol. The molecule has 7 nitrogen and oxygen atoms in total. The van der Waals surface area contributed by atoms with E-state index in [1.165, 1.54) is 31.1 Å². The second kappa shape index (κ2) is 5.60. The van der Waals surface area contributed by atoms with Gasteiger partial charge in [0, 0.05) is 13.1 Å². The highest BCUT2D eigenvalue weighted by molar-refractivity contribution is 5.77. The molecule has 0 aliphatic heterocycles. The van der Waals surface area contributed by atoms with Gasteiger partial charge >= 0.3 is 5.69 Å². The Morgan fingerprint density at radius 1 is 1.17 bits per heavy atom. The van der Waals surface area contributed by atoms with E-state index in [0.29, 0.717) is 16.7 Å². The lowest BCUT2D eigenvalue weighted by atomic mass is 10.2. The molecular weight excluding hydrogens is 300 g/mol. The Hall–Kier alpha value is -3.09. The minimum absolute atomic E-state index is 0.0344. The molecule has 0 fully saturated rings. The van der Waals surface area contributed by atoms with Gasteiger partial charge in [-0.25, -0.2) is 4.79 Å². The minimum Gasteiger partial charge on any atom is -0.490 e. The summed E-state index contributed by atoms with van der Waals surface area (Å²) in [5, 5.41) is 0.422. The van der Waals surface area contributed by atoms with Crippen LogP contribution in [0.4, 0.5) is 0 Å². The summed E-state index contributed by atoms with van der Waals surface area (Å²) in [5.74, 6) is 0.383. The van der Waals surface area contributed by atoms with Crippen LogP contribution in [0.5, 0.6) is 5.75 Å². The zero-order valence-electron chi connectivity index (χ0n) is 12.6. The largest absolute Gasteiger partial charge is 0.490 e. The average molecular weight is 314 g/mol. The molecule has 7 heteroatoms. The van der Waals surface area contributed by atoms with Crippen LogP contribution in [0.2, 0.25) is 0 Å². The Kier molecular flexibility index (Phi) is 3.61. The van der Waals surface area contributed by atoms with E-state index in [1.807, 2.05) is 0 Å². The third kappa shape index (κ3) is 2.46. The molecule has 0 saturated carbocycles. The van der Waals surface area contributed by atoms with Crippen molar-refractivity contribution in [3.63, 3.8) is 0 Å². The van der Waals surface area contributed by atoms with Crippen molar-refractivity contribution in [3.8, 4) is 5.75 Å². The van der Waals surface area contributed by atoms with E-state index in [1.54, 1.807) is 24.3 Å². The minimum atomic E-state index is -0.479. The van der Waals surface area contributed by atoms with Crippen molar-refractivity contribution in [3.05, 3.63) is 73.4 Å². The van der Waals surface area contributed by atoms with Crippen LogP contribution >= 0.6 is 0 Å². The number of methoxy groups -OCH3 is 1. The lowest BCUT2D eigenvalue weighted by Crippen LogP contribution is -2.38. The maximum atomic E-state index is 12.4. The Morgan fingerprint density at radius 2 is 1.91 bits per heavy atom. The van der Waals surface area contributed by atoms with E-state index in [2.05, 4.69) is 0 Å². The highest BCUT2D eigenvalue weighted by Crippen LogP contribution is 2.11. The SMILES string of the molecule is COc1coc(Cn2c(=O)n(C)c(=O)c3ccccc32)cc1=O. The molecule has 23 heavy (non-hydrogen) atoms. The highest BCUT2D eigenvalue weighted by Gasteiger charge is 2.12. The Morgan fingerprint density at radius 3 is 2.61 bits per heavy atom. The van der Waals surface area contributed by atoms with Gasteiger partial charge in [-0.3, -0.25) is 18.7 Å². The number of aromatic nitrogens is 2. The normalized spacial score (nSPS) is 10.9. The Labute approximate surface area is 130 Å². The standard InChI is InChI=1S/C16H14N2O5/c1-17-15(20)11-5-3-4-6-12(11)18(16(17)21)8-10-7-13(19)14(22-2)9-23-10/h3-7,9H,8H2,1-2H3. The van der Waals surface area contributed by atoms with E-state index in [0.717, 1.165) is 4.57 Å². The van der Waals surface area contributed by atoms with Gasteiger partial charge in [0.15, 0.2) is 0 Å². The molecule has 1 aromatic carbocycles. The molecule has 0 saturated heterocycles. The number of nitrogens with zero attached hydrogens (tertiary/aromatic N) is 2. The topological polar surface area (TPSA) is 83.4 Å². The van der Waals surface area contributed by atoms with Crippen LogP contribution in [0.3, 0.4) is 0 Å². The van der Waals surface area contributed by atoms with Crippen molar-refractivity contribution in [2.24, 2.45) is 7.05 Å². The fraction of sp³-hybridized carbons (Fsp3) is 0.188. The van der Waals surface area contributed by atoms with Gasteiger partial charge < -0.3 is 9.15 Å². The van der Waals surface area contributed by atoms with Crippen molar-refractivity contribution >= 4 is 10.9 Å². The molecule has 0 spiro atoms. The highest BCUT2D eigenvalue weighted by atomic mass is 16.5. The number of benzene rings is 1. The maximum Gasteiger partial charge on any atom is 0.331 e. The van der Waals surface area contributed by atoms with Crippen LogP contribution in [-0.4, -0.2) is 16.2 Å². The summed E-state index contributed by atoms with van der Waals surface area (Å²) >= 11 is 0. The van der Waals surface area contributed by atoms with Gasteiger partial charge in [0.05, 0.1) is 24.6 Å². The average Bonchev–Trinajstić information content (AvgIpc) is 2.57. The van der Waals surface area contributed by atoms with Crippen LogP contribution in [0.1, 0.15) is 5.76 Å². The summed E-state index contributed by atoms with van der Waals surface area (Å²) in [7, 11) is 2.79. The molecular formula is C16H14N2O5. The van der Waals surface area contributed by atoms with Gasteiger partial charge in [-0.05, 0) is 12.1 Å². The predicted octanol–water partition coefficient (Wildman–Crippen LogP) is 0.710. The molecule has 0 aliphatic carbocycles. The summed E-state index contributed by atoms with van der Waals surface area (Å²) in [4.78, 5) is 36.4. The molecule has 0 radical (unpaired) electrons. The van der Waals surface area contributed by atoms with Crippen LogP contribution in [0, 0.1) is 0 Å². The smallest absolute Gasteiger partial charge is 0.331 e. The van der Waals surface area contributed by atoms with E-state index >= 15 is 0 Å². The van der Waals surface area contributed by atoms with Crippen molar-refractivity contribution in [1.29, 1.82) is 0 Å². The van der Waals surface area contributed by atoms with Crippen molar-refractivity contribution in [1.82, 2.24) is 9.13 Å². The molecule has 0 unspecified atom stereocenters. The first-order valence-corrected chi connectivity index (χ1v) is 6.87. The number of fused-ring (bicyclic) bond motifs is 1. The van der Waals surface area contributed by atoms with E-state index < -0.39 is 5.69 Å². The molecule has 2 heterocycles. The molecule has 2 aromatic heterocycles. The van der Waals surface area contributed by atoms with E-state index in [4.69, 9.17) is 9.15 Å². The summed E-state index contributed by atoms with van der Waals surface area (Å²) in [6.07, 6.45) is 1.20. The second-order valence-electron chi connectivity index (χ2n) is 5.03. The Bertz CT molecular complexity index is 1060. The maximum absolute atomic E-state index is 12.4. The summed E-state index contributed by atoms with van der Waals surface area (Å²) in [6, 6.07) is 8.07. The number of rotatable bonds is 3. The molecule has 0 atom stereocenters. The first-order chi connectivity index (χ1) is 11.0. The number of hydrogen-bond donors (Lipinski definition) is 0. The first kappa shape index (κ1) is 14.8. The summed E-state index contributed by atoms with van der Waals surface area (Å²) < 4.78 is 12.6. The quantitative estimate of drug-likeness (QED) is 0.711. The lowest BCUT2D eigenvalue weighted by Gasteiger charge is -2.11. The Balaban J connectivity index is 2.21. The molecule has 3 rings (SSSR count). The van der Waals surface area contributed by atoms with Crippen molar-refractivity contribution < 1.29 is 9.15 Å². The number of para-hydroxylation sites is 1. The van der Waals surface area contributed by atoms with Crippen LogP contribution in [0.15, 0.2) is 55.4 Å². The van der Waals surface area contributed by atoms with E-state index in [9.17, 15) is 14.4 Å². The van der Waals surface area contributed by atoms with Crippen molar-refractivity contribution in [2.75, 3.05) is 7.11 Å². The van der Waals surface area contributed by atoms with E-state index in [-0.39, 0.29) is 23.3 Å². The molecule has 0 bridgehead atoms. The summed E-state index contributed by atoms with van der Waals surface area (Å²) in [5.41, 5.74) is -0.694. The van der Waals surface area contributed by atoms with Crippen LogP contribution < -0.4 is 21.4 Å².